The fraction of sp³-hybridized carbons (Fsp3) is 0.382. The molecule has 42 heavy (non-hydrogen) atoms. The first-order chi connectivity index (χ1) is 20.2. The minimum atomic E-state index is -2.54. The van der Waals surface area contributed by atoms with Crippen LogP contribution in [0.25, 0.3) is 5.57 Å². The lowest BCUT2D eigenvalue weighted by atomic mass is 10.0. The third-order valence-corrected chi connectivity index (χ3v) is 14.0. The lowest BCUT2D eigenvalue weighted by Gasteiger charge is -2.43. The summed E-state index contributed by atoms with van der Waals surface area (Å²) in [4.78, 5) is 29.7. The number of nitrogens with one attached hydrogen (secondary N) is 1. The van der Waals surface area contributed by atoms with Gasteiger partial charge in [0.2, 0.25) is 5.91 Å². The van der Waals surface area contributed by atoms with Gasteiger partial charge in [-0.2, -0.15) is 0 Å². The molecule has 3 unspecified atom stereocenters. The van der Waals surface area contributed by atoms with Gasteiger partial charge in [0, 0.05) is 19.7 Å². The first kappa shape index (κ1) is 28.4. The maximum atomic E-state index is 12.4. The second-order valence-corrected chi connectivity index (χ2v) is 17.0. The van der Waals surface area contributed by atoms with Gasteiger partial charge in [-0.3, -0.25) is 9.69 Å². The fourth-order valence-electron chi connectivity index (χ4n) is 6.80. The molecule has 2 aromatic carbocycles. The van der Waals surface area contributed by atoms with Crippen LogP contribution in [0.2, 0.25) is 5.04 Å². The average molecular weight is 582 g/mol. The Balaban J connectivity index is 1.13. The summed E-state index contributed by atoms with van der Waals surface area (Å²) in [5, 5.41) is 5.31. The number of hydrogen-bond acceptors (Lipinski definition) is 5. The van der Waals surface area contributed by atoms with Crippen molar-refractivity contribution >= 4 is 42.1 Å². The summed E-state index contributed by atoms with van der Waals surface area (Å²) in [5.74, 6) is 2.07. The Morgan fingerprint density at radius 1 is 1.05 bits per heavy atom. The molecular formula is C34H39N3O4Si. The zero-order valence-corrected chi connectivity index (χ0v) is 25.7. The van der Waals surface area contributed by atoms with E-state index >= 15 is 0 Å². The van der Waals surface area contributed by atoms with Crippen molar-refractivity contribution in [3.05, 3.63) is 90.6 Å². The lowest BCUT2D eigenvalue weighted by molar-refractivity contribution is -0.119. The molecular weight excluding hydrogens is 542 g/mol. The molecule has 1 saturated heterocycles. The summed E-state index contributed by atoms with van der Waals surface area (Å²) < 4.78 is 12.6. The van der Waals surface area contributed by atoms with Gasteiger partial charge in [-0.05, 0) is 62.9 Å². The Morgan fingerprint density at radius 2 is 1.71 bits per heavy atom. The molecule has 1 saturated carbocycles. The van der Waals surface area contributed by atoms with Crippen LogP contribution in [0.15, 0.2) is 85.1 Å². The van der Waals surface area contributed by atoms with Gasteiger partial charge >= 0.3 is 6.09 Å². The van der Waals surface area contributed by atoms with E-state index < -0.39 is 14.4 Å². The Bertz CT molecular complexity index is 1430. The van der Waals surface area contributed by atoms with E-state index in [2.05, 4.69) is 97.8 Å². The molecule has 2 amide bonds. The van der Waals surface area contributed by atoms with Gasteiger partial charge in [0.05, 0.1) is 13.1 Å². The van der Waals surface area contributed by atoms with Crippen molar-refractivity contribution in [3.8, 4) is 0 Å². The van der Waals surface area contributed by atoms with Crippen molar-refractivity contribution in [3.63, 3.8) is 0 Å². The van der Waals surface area contributed by atoms with Crippen molar-refractivity contribution in [2.45, 2.75) is 45.3 Å². The molecule has 0 radical (unpaired) electrons. The number of anilines is 1. The number of ether oxygens (including phenoxy) is 1. The van der Waals surface area contributed by atoms with E-state index in [1.54, 1.807) is 0 Å². The number of rotatable bonds is 9. The van der Waals surface area contributed by atoms with E-state index in [1.165, 1.54) is 27.8 Å². The van der Waals surface area contributed by atoms with E-state index in [0.717, 1.165) is 18.6 Å². The number of nitrogens with zero attached hydrogens (tertiary/aromatic N) is 2. The normalized spacial score (nSPS) is 23.3. The summed E-state index contributed by atoms with van der Waals surface area (Å²) in [6, 6.07) is 25.6. The number of cyclic esters (lactones) is 1. The number of benzene rings is 2. The number of amides is 2. The predicted molar refractivity (Wildman–Crippen MR) is 167 cm³/mol. The fourth-order valence-corrected chi connectivity index (χ4v) is 11.4. The molecule has 1 aliphatic heterocycles. The zero-order chi connectivity index (χ0) is 29.5. The standard InChI is InChI=1S/C34H39N3O4Si/c1-23(38)35-20-26-21-37(33(39)41-26)32-16-15-24(19-36-32)25-17-29-30(18-25)31(29)22-40-42(34(2,3)4,27-11-7-5-8-12-27)28-13-9-6-10-14-28/h5-17,19,26,29-31H,18,20-22H2,1-4H3,(H,35,38)/t26-,29?,30?,31?/m0/s1. The molecule has 1 N–H and O–H groups in total. The first-order valence-electron chi connectivity index (χ1n) is 14.8. The minimum Gasteiger partial charge on any atom is -0.442 e. The van der Waals surface area contributed by atoms with Crippen LogP contribution < -0.4 is 20.6 Å². The summed E-state index contributed by atoms with van der Waals surface area (Å²) in [6.45, 7) is 9.85. The third-order valence-electron chi connectivity index (χ3n) is 9.00. The quantitative estimate of drug-likeness (QED) is 0.369. The molecule has 218 valence electrons. The highest BCUT2D eigenvalue weighted by Gasteiger charge is 2.56. The molecule has 2 heterocycles. The van der Waals surface area contributed by atoms with Crippen LogP contribution in [0, 0.1) is 17.8 Å². The van der Waals surface area contributed by atoms with E-state index in [4.69, 9.17) is 9.16 Å². The number of carbonyl (C=O) groups excluding carboxylic acids is 2. The van der Waals surface area contributed by atoms with Crippen molar-refractivity contribution in [1.29, 1.82) is 0 Å². The SMILES string of the molecule is CC(=O)NC[C@H]1CN(c2ccc(C3=CC4C(CO[Si](c5ccccc5)(c5ccccc5)C(C)(C)C)C4C3)cn2)C(=O)O1. The molecule has 3 aliphatic rings. The molecule has 0 spiro atoms. The molecule has 1 aromatic heterocycles. The predicted octanol–water partition coefficient (Wildman–Crippen LogP) is 4.77. The molecule has 2 fully saturated rings. The molecule has 3 aromatic rings. The van der Waals surface area contributed by atoms with Crippen LogP contribution in [-0.2, 0) is 14.0 Å². The number of aromatic nitrogens is 1. The van der Waals surface area contributed by atoms with Crippen molar-refractivity contribution < 1.29 is 18.8 Å². The highest BCUT2D eigenvalue weighted by Crippen LogP contribution is 2.58. The van der Waals surface area contributed by atoms with Gasteiger partial charge in [-0.15, -0.1) is 0 Å². The average Bonchev–Trinajstić information content (AvgIpc) is 3.27. The summed E-state index contributed by atoms with van der Waals surface area (Å²) in [5.41, 5.74) is 2.42. The van der Waals surface area contributed by atoms with Crippen LogP contribution in [-0.4, -0.2) is 51.1 Å². The molecule has 4 atom stereocenters. The summed E-state index contributed by atoms with van der Waals surface area (Å²) >= 11 is 0. The van der Waals surface area contributed by atoms with E-state index in [-0.39, 0.29) is 17.0 Å². The highest BCUT2D eigenvalue weighted by atomic mass is 28.4. The third kappa shape index (κ3) is 5.29. The molecule has 7 nitrogen and oxygen atoms in total. The smallest absolute Gasteiger partial charge is 0.416 e. The van der Waals surface area contributed by atoms with Crippen LogP contribution >= 0.6 is 0 Å². The van der Waals surface area contributed by atoms with Gasteiger partial charge in [-0.1, -0.05) is 87.5 Å². The number of fused-ring (bicyclic) bond motifs is 1. The van der Waals surface area contributed by atoms with Crippen LogP contribution in [0.5, 0.6) is 0 Å². The van der Waals surface area contributed by atoms with Gasteiger partial charge in [0.1, 0.15) is 11.9 Å². The molecule has 6 rings (SSSR count). The maximum Gasteiger partial charge on any atom is 0.416 e. The van der Waals surface area contributed by atoms with Crippen molar-refractivity contribution in [2.75, 3.05) is 24.6 Å². The second-order valence-electron chi connectivity index (χ2n) is 12.7. The minimum absolute atomic E-state index is 0.0279. The monoisotopic (exact) mass is 581 g/mol. The first-order valence-corrected chi connectivity index (χ1v) is 16.7. The van der Waals surface area contributed by atoms with Crippen molar-refractivity contribution in [1.82, 2.24) is 10.3 Å². The van der Waals surface area contributed by atoms with E-state index in [1.807, 2.05) is 18.3 Å². The molecule has 2 aliphatic carbocycles. The van der Waals surface area contributed by atoms with Gasteiger partial charge in [-0.25, -0.2) is 9.78 Å². The summed E-state index contributed by atoms with van der Waals surface area (Å²) in [6.07, 6.45) is 4.47. The topological polar surface area (TPSA) is 80.8 Å². The number of hydrogen-bond donors (Lipinski definition) is 1. The van der Waals surface area contributed by atoms with Gasteiger partial charge in [0.25, 0.3) is 8.32 Å². The van der Waals surface area contributed by atoms with E-state index in [0.29, 0.717) is 36.7 Å². The molecule has 0 bridgehead atoms. The van der Waals surface area contributed by atoms with Crippen LogP contribution in [0.1, 0.15) is 39.7 Å². The number of carbonyl (C=O) groups is 2. The van der Waals surface area contributed by atoms with Crippen LogP contribution in [0.4, 0.5) is 10.6 Å². The van der Waals surface area contributed by atoms with Gasteiger partial charge in [0.15, 0.2) is 0 Å². The second kappa shape index (κ2) is 11.2. The maximum absolute atomic E-state index is 12.4. The molecule has 8 heteroatoms. The zero-order valence-electron chi connectivity index (χ0n) is 24.7. The Hall–Kier alpha value is -3.75. The van der Waals surface area contributed by atoms with E-state index in [9.17, 15) is 9.59 Å². The van der Waals surface area contributed by atoms with Crippen LogP contribution in [0.3, 0.4) is 0 Å². The number of allylic oxidation sites excluding steroid dienone is 2. The summed E-state index contributed by atoms with van der Waals surface area (Å²) in [7, 11) is -2.54. The Kier molecular flexibility index (Phi) is 7.53. The Labute approximate surface area is 249 Å². The number of pyridine rings is 1. The largest absolute Gasteiger partial charge is 0.442 e. The highest BCUT2D eigenvalue weighted by molar-refractivity contribution is 6.99. The Morgan fingerprint density at radius 3 is 2.24 bits per heavy atom. The lowest BCUT2D eigenvalue weighted by Crippen LogP contribution is -2.66. The van der Waals surface area contributed by atoms with Crippen molar-refractivity contribution in [2.24, 2.45) is 17.8 Å². The van der Waals surface area contributed by atoms with Gasteiger partial charge < -0.3 is 14.5 Å².